The highest BCUT2D eigenvalue weighted by Gasteiger charge is 2.31. The van der Waals surface area contributed by atoms with Crippen molar-refractivity contribution in [3.8, 4) is 0 Å². The van der Waals surface area contributed by atoms with Gasteiger partial charge in [0.1, 0.15) is 5.82 Å². The van der Waals surface area contributed by atoms with E-state index in [-0.39, 0.29) is 5.02 Å². The van der Waals surface area contributed by atoms with E-state index in [1.54, 1.807) is 18.2 Å². The molecular formula is C16H13Cl4F. The van der Waals surface area contributed by atoms with Crippen molar-refractivity contribution in [1.29, 1.82) is 0 Å². The van der Waals surface area contributed by atoms with Crippen LogP contribution < -0.4 is 0 Å². The summed E-state index contributed by atoms with van der Waals surface area (Å²) in [6.45, 7) is 0. The topological polar surface area (TPSA) is 0 Å². The molecule has 0 radical (unpaired) electrons. The second-order valence-corrected chi connectivity index (χ2v) is 6.36. The number of benzene rings is 2. The van der Waals surface area contributed by atoms with Crippen molar-refractivity contribution in [2.45, 2.75) is 11.8 Å². The fourth-order valence-corrected chi connectivity index (χ4v) is 3.42. The zero-order valence-electron chi connectivity index (χ0n) is 11.1. The Hall–Kier alpha value is -0.470. The number of rotatable bonds is 5. The maximum atomic E-state index is 13.3. The number of alkyl halides is 2. The summed E-state index contributed by atoms with van der Waals surface area (Å²) in [4.78, 5) is 0. The molecule has 0 amide bonds. The molecule has 0 aromatic heterocycles. The minimum Gasteiger partial charge on any atom is -0.205 e. The molecular weight excluding hydrogens is 353 g/mol. The minimum atomic E-state index is -0.477. The normalized spacial score (nSPS) is 11.7. The second kappa shape index (κ2) is 7.19. The van der Waals surface area contributed by atoms with Crippen LogP contribution in [0.3, 0.4) is 0 Å². The molecule has 0 saturated heterocycles. The van der Waals surface area contributed by atoms with Crippen molar-refractivity contribution >= 4 is 46.4 Å². The van der Waals surface area contributed by atoms with E-state index < -0.39 is 11.2 Å². The van der Waals surface area contributed by atoms with Gasteiger partial charge in [0.25, 0.3) is 0 Å². The first-order valence-electron chi connectivity index (χ1n) is 6.33. The van der Waals surface area contributed by atoms with Gasteiger partial charge in [-0.05, 0) is 41.8 Å². The summed E-state index contributed by atoms with van der Waals surface area (Å²) in [5.41, 5.74) is 1.36. The Balaban J connectivity index is 2.40. The molecule has 0 aliphatic rings. The maximum Gasteiger partial charge on any atom is 0.141 e. The Kier molecular flexibility index (Phi) is 5.79. The number of halogens is 5. The minimum absolute atomic E-state index is 0.0941. The van der Waals surface area contributed by atoms with Crippen LogP contribution in [0, 0.1) is 5.82 Å². The Morgan fingerprint density at radius 2 is 1.67 bits per heavy atom. The van der Waals surface area contributed by atoms with E-state index in [1.165, 1.54) is 6.07 Å². The van der Waals surface area contributed by atoms with Gasteiger partial charge in [-0.15, -0.1) is 23.2 Å². The molecule has 0 bridgehead atoms. The SMILES string of the molecule is Fc1ccc(CC(CCl)(CCl)c2cccc(Cl)c2)cc1Cl. The van der Waals surface area contributed by atoms with Gasteiger partial charge in [0.15, 0.2) is 0 Å². The predicted molar refractivity (Wildman–Crippen MR) is 89.7 cm³/mol. The van der Waals surface area contributed by atoms with Crippen LogP contribution in [-0.4, -0.2) is 11.8 Å². The van der Waals surface area contributed by atoms with Gasteiger partial charge < -0.3 is 0 Å². The summed E-state index contributed by atoms with van der Waals surface area (Å²) < 4.78 is 13.3. The molecule has 0 nitrogen and oxygen atoms in total. The lowest BCUT2D eigenvalue weighted by molar-refractivity contribution is 0.535. The summed E-state index contributed by atoms with van der Waals surface area (Å²) >= 11 is 24.3. The highest BCUT2D eigenvalue weighted by atomic mass is 35.5. The van der Waals surface area contributed by atoms with Gasteiger partial charge in [-0.2, -0.15) is 0 Å². The molecule has 2 rings (SSSR count). The average Bonchev–Trinajstić information content (AvgIpc) is 2.48. The quantitative estimate of drug-likeness (QED) is 0.562. The third-order valence-electron chi connectivity index (χ3n) is 3.48. The average molecular weight is 366 g/mol. The fraction of sp³-hybridized carbons (Fsp3) is 0.250. The van der Waals surface area contributed by atoms with Crippen molar-refractivity contribution in [3.05, 3.63) is 69.5 Å². The molecule has 21 heavy (non-hydrogen) atoms. The summed E-state index contributed by atoms with van der Waals surface area (Å²) in [7, 11) is 0. The molecule has 0 N–H and O–H groups in total. The van der Waals surface area contributed by atoms with Crippen LogP contribution in [-0.2, 0) is 11.8 Å². The molecule has 0 fully saturated rings. The first kappa shape index (κ1) is 16.9. The summed E-state index contributed by atoms with van der Waals surface area (Å²) in [5, 5.41) is 0.723. The third kappa shape index (κ3) is 3.84. The first-order valence-corrected chi connectivity index (χ1v) is 8.15. The first-order chi connectivity index (χ1) is 10.0. The van der Waals surface area contributed by atoms with Crippen LogP contribution in [0.15, 0.2) is 42.5 Å². The monoisotopic (exact) mass is 364 g/mol. The molecule has 112 valence electrons. The second-order valence-electron chi connectivity index (χ2n) is 4.98. The van der Waals surface area contributed by atoms with Gasteiger partial charge in [-0.1, -0.05) is 41.4 Å². The fourth-order valence-electron chi connectivity index (χ4n) is 2.25. The van der Waals surface area contributed by atoms with Gasteiger partial charge in [0.05, 0.1) is 5.02 Å². The zero-order chi connectivity index (χ0) is 15.5. The van der Waals surface area contributed by atoms with E-state index in [0.717, 1.165) is 11.1 Å². The summed E-state index contributed by atoms with van der Waals surface area (Å²) in [6.07, 6.45) is 0.556. The van der Waals surface area contributed by atoms with Crippen LogP contribution in [0.5, 0.6) is 0 Å². The Morgan fingerprint density at radius 1 is 0.952 bits per heavy atom. The largest absolute Gasteiger partial charge is 0.205 e. The number of hydrogen-bond acceptors (Lipinski definition) is 0. The zero-order valence-corrected chi connectivity index (χ0v) is 14.1. The standard InChI is InChI=1S/C16H13Cl4F/c17-9-16(10-18,12-2-1-3-13(19)7-12)8-11-4-5-15(21)14(20)6-11/h1-7H,8-10H2. The predicted octanol–water partition coefficient (Wildman–Crippen LogP) is 6.09. The van der Waals surface area contributed by atoms with Crippen molar-refractivity contribution < 1.29 is 4.39 Å². The lowest BCUT2D eigenvalue weighted by Gasteiger charge is -2.30. The molecule has 0 heterocycles. The smallest absolute Gasteiger partial charge is 0.141 e. The van der Waals surface area contributed by atoms with Gasteiger partial charge in [-0.25, -0.2) is 4.39 Å². The molecule has 0 unspecified atom stereocenters. The van der Waals surface area contributed by atoms with Crippen LogP contribution in [0.1, 0.15) is 11.1 Å². The van der Waals surface area contributed by atoms with Gasteiger partial charge in [0, 0.05) is 22.2 Å². The Labute approximate surface area is 143 Å². The van der Waals surface area contributed by atoms with E-state index in [1.807, 2.05) is 18.2 Å². The van der Waals surface area contributed by atoms with Crippen LogP contribution in [0.2, 0.25) is 10.0 Å². The van der Waals surface area contributed by atoms with Gasteiger partial charge in [-0.3, -0.25) is 0 Å². The van der Waals surface area contributed by atoms with Gasteiger partial charge in [0.2, 0.25) is 0 Å². The van der Waals surface area contributed by atoms with Crippen molar-refractivity contribution in [2.75, 3.05) is 11.8 Å². The van der Waals surface area contributed by atoms with Crippen molar-refractivity contribution in [2.24, 2.45) is 0 Å². The molecule has 0 aliphatic heterocycles. The molecule has 0 spiro atoms. The van der Waals surface area contributed by atoms with E-state index in [0.29, 0.717) is 23.2 Å². The van der Waals surface area contributed by atoms with E-state index in [4.69, 9.17) is 46.4 Å². The Bertz CT molecular complexity index is 623. The van der Waals surface area contributed by atoms with E-state index >= 15 is 0 Å². The molecule has 2 aromatic rings. The van der Waals surface area contributed by atoms with E-state index in [2.05, 4.69) is 0 Å². The highest BCUT2D eigenvalue weighted by Crippen LogP contribution is 2.33. The summed E-state index contributed by atoms with van der Waals surface area (Å²) in [5.74, 6) is 0.211. The third-order valence-corrected chi connectivity index (χ3v) is 5.02. The maximum absolute atomic E-state index is 13.3. The van der Waals surface area contributed by atoms with Crippen molar-refractivity contribution in [3.63, 3.8) is 0 Å². The lowest BCUT2D eigenvalue weighted by Crippen LogP contribution is -2.33. The molecule has 0 aliphatic carbocycles. The van der Waals surface area contributed by atoms with E-state index in [9.17, 15) is 4.39 Å². The number of hydrogen-bond donors (Lipinski definition) is 0. The lowest BCUT2D eigenvalue weighted by atomic mass is 9.79. The van der Waals surface area contributed by atoms with Crippen LogP contribution in [0.4, 0.5) is 4.39 Å². The van der Waals surface area contributed by atoms with Crippen molar-refractivity contribution in [1.82, 2.24) is 0 Å². The highest BCUT2D eigenvalue weighted by molar-refractivity contribution is 6.31. The van der Waals surface area contributed by atoms with Gasteiger partial charge >= 0.3 is 0 Å². The molecule has 0 atom stereocenters. The molecule has 0 saturated carbocycles. The van der Waals surface area contributed by atoms with Crippen LogP contribution >= 0.6 is 46.4 Å². The Morgan fingerprint density at radius 3 is 2.24 bits per heavy atom. The summed E-state index contributed by atoms with van der Waals surface area (Å²) in [6, 6.07) is 12.1. The van der Waals surface area contributed by atoms with Crippen LogP contribution in [0.25, 0.3) is 0 Å². The molecule has 2 aromatic carbocycles. The molecule has 5 heteroatoms.